The summed E-state index contributed by atoms with van der Waals surface area (Å²) < 4.78 is 10.8. The Morgan fingerprint density at radius 1 is 1.03 bits per heavy atom. The number of ketones is 1. The minimum absolute atomic E-state index is 0.182. The molecule has 0 atom stereocenters. The van der Waals surface area contributed by atoms with Crippen molar-refractivity contribution in [1.29, 1.82) is 5.26 Å². The maximum Gasteiger partial charge on any atom is 0.270 e. The molecule has 6 nitrogen and oxygen atoms in total. The van der Waals surface area contributed by atoms with Crippen LogP contribution in [0.5, 0.6) is 11.5 Å². The number of hydrogen-bond acceptors (Lipinski definition) is 7. The third kappa shape index (κ3) is 4.57. The van der Waals surface area contributed by atoms with Crippen LogP contribution < -0.4 is 9.47 Å². The van der Waals surface area contributed by atoms with Crippen LogP contribution in [0.1, 0.15) is 15.9 Å². The summed E-state index contributed by atoms with van der Waals surface area (Å²) in [7, 11) is 3.07. The van der Waals surface area contributed by atoms with Crippen LogP contribution in [0.25, 0.3) is 16.8 Å². The summed E-state index contributed by atoms with van der Waals surface area (Å²) in [6, 6.07) is 20.0. The number of carbonyl (C=O) groups is 2. The highest BCUT2D eigenvalue weighted by Crippen LogP contribution is 2.35. The molecule has 0 spiro atoms. The summed E-state index contributed by atoms with van der Waals surface area (Å²) in [5.74, 6) is 0.204. The predicted molar refractivity (Wildman–Crippen MR) is 137 cm³/mol. The number of benzene rings is 3. The molecule has 0 aromatic heterocycles. The number of fused-ring (bicyclic) bond motifs is 1. The zero-order chi connectivity index (χ0) is 24.2. The van der Waals surface area contributed by atoms with Crippen molar-refractivity contribution in [3.05, 3.63) is 88.5 Å². The first kappa shape index (κ1) is 23.2. The first-order valence-electron chi connectivity index (χ1n) is 10.1. The second-order valence-electron chi connectivity index (χ2n) is 7.21. The van der Waals surface area contributed by atoms with Crippen LogP contribution in [0, 0.1) is 11.3 Å². The van der Waals surface area contributed by atoms with Gasteiger partial charge in [-0.15, -0.1) is 0 Å². The fraction of sp³-hybridized carbons (Fsp3) is 0.0769. The van der Waals surface area contributed by atoms with E-state index in [4.69, 9.17) is 21.7 Å². The van der Waals surface area contributed by atoms with Crippen molar-refractivity contribution in [2.24, 2.45) is 0 Å². The van der Waals surface area contributed by atoms with Crippen molar-refractivity contribution in [2.45, 2.75) is 0 Å². The molecule has 3 aromatic rings. The van der Waals surface area contributed by atoms with Gasteiger partial charge in [-0.05, 0) is 40.6 Å². The Bertz CT molecular complexity index is 1440. The first-order chi connectivity index (χ1) is 16.4. The largest absolute Gasteiger partial charge is 0.493 e. The molecule has 0 aliphatic carbocycles. The van der Waals surface area contributed by atoms with E-state index in [0.29, 0.717) is 22.0 Å². The molecule has 1 aliphatic rings. The molecule has 1 saturated heterocycles. The van der Waals surface area contributed by atoms with Crippen LogP contribution in [0.2, 0.25) is 0 Å². The van der Waals surface area contributed by atoms with Gasteiger partial charge in [0.25, 0.3) is 5.91 Å². The number of thiocarbonyl (C=S) groups is 1. The second kappa shape index (κ2) is 9.91. The quantitative estimate of drug-likeness (QED) is 0.201. The molecule has 168 valence electrons. The van der Waals surface area contributed by atoms with E-state index in [1.807, 2.05) is 36.4 Å². The number of nitrogens with zero attached hydrogens (tertiary/aromatic N) is 2. The van der Waals surface area contributed by atoms with Gasteiger partial charge in [0.15, 0.2) is 15.8 Å². The minimum atomic E-state index is -0.480. The predicted octanol–water partition coefficient (Wildman–Crippen LogP) is 5.35. The molecule has 3 aromatic carbocycles. The average molecular weight is 487 g/mol. The standard InChI is InChI=1S/C26H18N2O4S2/c1-31-21-10-7-16(11-22(21)32-2)12-23-25(30)28(26(33)34-23)15-20(14-27)24(29)19-9-8-17-5-3-4-6-18(17)13-19/h3-13,15H,1-2H3/b20-15?,23-12-. The average Bonchev–Trinajstić information content (AvgIpc) is 3.13. The molecule has 1 fully saturated rings. The molecule has 0 N–H and O–H groups in total. The Labute approximate surface area is 206 Å². The smallest absolute Gasteiger partial charge is 0.270 e. The minimum Gasteiger partial charge on any atom is -0.493 e. The van der Waals surface area contributed by atoms with Crippen molar-refractivity contribution in [2.75, 3.05) is 14.2 Å². The Kier molecular flexibility index (Phi) is 6.77. The number of allylic oxidation sites excluding steroid dienone is 1. The summed E-state index contributed by atoms with van der Waals surface area (Å²) in [6.45, 7) is 0. The highest BCUT2D eigenvalue weighted by Gasteiger charge is 2.32. The Morgan fingerprint density at radius 2 is 1.76 bits per heavy atom. The van der Waals surface area contributed by atoms with E-state index in [1.54, 1.807) is 43.5 Å². The van der Waals surface area contributed by atoms with Gasteiger partial charge in [-0.2, -0.15) is 5.26 Å². The number of Topliss-reactive ketones (excluding diaryl/α,β-unsaturated/α-hetero) is 1. The SMILES string of the molecule is COc1ccc(/C=C2\SC(=S)N(C=C(C#N)C(=O)c3ccc4ccccc4c3)C2=O)cc1OC. The molecule has 1 aliphatic heterocycles. The van der Waals surface area contributed by atoms with E-state index in [-0.39, 0.29) is 9.89 Å². The van der Waals surface area contributed by atoms with Crippen molar-refractivity contribution in [1.82, 2.24) is 4.90 Å². The number of amides is 1. The number of nitriles is 1. The third-order valence-electron chi connectivity index (χ3n) is 5.16. The van der Waals surface area contributed by atoms with Gasteiger partial charge in [0.05, 0.1) is 19.1 Å². The van der Waals surface area contributed by atoms with E-state index in [2.05, 4.69) is 0 Å². The molecule has 8 heteroatoms. The molecule has 34 heavy (non-hydrogen) atoms. The van der Waals surface area contributed by atoms with E-state index in [1.165, 1.54) is 13.3 Å². The first-order valence-corrected chi connectivity index (χ1v) is 11.3. The molecule has 1 heterocycles. The molecule has 0 saturated carbocycles. The molecule has 0 bridgehead atoms. The van der Waals surface area contributed by atoms with Crippen LogP contribution in [-0.2, 0) is 4.79 Å². The van der Waals surface area contributed by atoms with Crippen molar-refractivity contribution >= 4 is 56.8 Å². The summed E-state index contributed by atoms with van der Waals surface area (Å²) >= 11 is 6.44. The Morgan fingerprint density at radius 3 is 2.47 bits per heavy atom. The molecular weight excluding hydrogens is 468 g/mol. The molecule has 0 radical (unpaired) electrons. The zero-order valence-corrected chi connectivity index (χ0v) is 19.9. The van der Waals surface area contributed by atoms with Crippen LogP contribution in [0.4, 0.5) is 0 Å². The van der Waals surface area contributed by atoms with Gasteiger partial charge < -0.3 is 9.47 Å². The van der Waals surface area contributed by atoms with Crippen molar-refractivity contribution < 1.29 is 19.1 Å². The third-order valence-corrected chi connectivity index (χ3v) is 6.49. The molecular formula is C26H18N2O4S2. The number of ether oxygens (including phenoxy) is 2. The lowest BCUT2D eigenvalue weighted by Gasteiger charge is -2.10. The van der Waals surface area contributed by atoms with Gasteiger partial charge in [-0.3, -0.25) is 14.5 Å². The lowest BCUT2D eigenvalue weighted by Crippen LogP contribution is -2.23. The monoisotopic (exact) mass is 486 g/mol. The fourth-order valence-corrected chi connectivity index (χ4v) is 4.65. The van der Waals surface area contributed by atoms with Crippen molar-refractivity contribution in [3.63, 3.8) is 0 Å². The molecule has 1 amide bonds. The highest BCUT2D eigenvalue weighted by molar-refractivity contribution is 8.26. The van der Waals surface area contributed by atoms with Gasteiger partial charge in [0.1, 0.15) is 11.6 Å². The summed E-state index contributed by atoms with van der Waals surface area (Å²) in [6.07, 6.45) is 2.89. The highest BCUT2D eigenvalue weighted by atomic mass is 32.2. The molecule has 0 unspecified atom stereocenters. The number of carbonyl (C=O) groups excluding carboxylic acids is 2. The summed E-state index contributed by atoms with van der Waals surface area (Å²) in [4.78, 5) is 27.5. The van der Waals surface area contributed by atoms with Gasteiger partial charge in [0, 0.05) is 11.8 Å². The lowest BCUT2D eigenvalue weighted by atomic mass is 10.0. The van der Waals surface area contributed by atoms with Crippen LogP contribution in [-0.4, -0.2) is 35.1 Å². The van der Waals surface area contributed by atoms with E-state index < -0.39 is 11.7 Å². The van der Waals surface area contributed by atoms with Crippen LogP contribution >= 0.6 is 24.0 Å². The Hall–Kier alpha value is -3.93. The Balaban J connectivity index is 1.62. The lowest BCUT2D eigenvalue weighted by molar-refractivity contribution is -0.120. The van der Waals surface area contributed by atoms with E-state index in [0.717, 1.165) is 33.0 Å². The number of hydrogen-bond donors (Lipinski definition) is 0. The van der Waals surface area contributed by atoms with Gasteiger partial charge in [-0.1, -0.05) is 66.4 Å². The fourth-order valence-electron chi connectivity index (χ4n) is 3.44. The van der Waals surface area contributed by atoms with E-state index >= 15 is 0 Å². The number of methoxy groups -OCH3 is 2. The van der Waals surface area contributed by atoms with Gasteiger partial charge >= 0.3 is 0 Å². The normalized spacial score (nSPS) is 15.0. The summed E-state index contributed by atoms with van der Waals surface area (Å²) in [5.41, 5.74) is 0.895. The van der Waals surface area contributed by atoms with Crippen molar-refractivity contribution in [3.8, 4) is 17.6 Å². The number of rotatable bonds is 6. The van der Waals surface area contributed by atoms with Gasteiger partial charge in [-0.25, -0.2) is 0 Å². The maximum atomic E-state index is 13.0. The van der Waals surface area contributed by atoms with Gasteiger partial charge in [0.2, 0.25) is 5.78 Å². The second-order valence-corrected chi connectivity index (χ2v) is 8.89. The summed E-state index contributed by atoms with van der Waals surface area (Å²) in [5, 5.41) is 11.5. The van der Waals surface area contributed by atoms with Crippen LogP contribution in [0.3, 0.4) is 0 Å². The maximum absolute atomic E-state index is 13.0. The number of thioether (sulfide) groups is 1. The topological polar surface area (TPSA) is 79.6 Å². The van der Waals surface area contributed by atoms with E-state index in [9.17, 15) is 14.9 Å². The van der Waals surface area contributed by atoms with Crippen LogP contribution in [0.15, 0.2) is 77.3 Å². The molecule has 4 rings (SSSR count). The zero-order valence-electron chi connectivity index (χ0n) is 18.3.